The van der Waals surface area contributed by atoms with Crippen molar-refractivity contribution in [2.45, 2.75) is 84.0 Å². The lowest BCUT2D eigenvalue weighted by molar-refractivity contribution is -0.140. The van der Waals surface area contributed by atoms with Crippen LogP contribution in [0.25, 0.3) is 0 Å². The zero-order valence-corrected chi connectivity index (χ0v) is 26.1. The van der Waals surface area contributed by atoms with Gasteiger partial charge in [-0.15, -0.1) is 0 Å². The molecule has 2 N–H and O–H groups in total. The van der Waals surface area contributed by atoms with Gasteiger partial charge in [0.05, 0.1) is 12.4 Å². The Labute approximate surface area is 254 Å². The molecule has 236 valence electrons. The minimum Gasteiger partial charge on any atom is -0.381 e. The molecule has 0 unspecified atom stereocenters. The first-order chi connectivity index (χ1) is 20.5. The molecule has 0 radical (unpaired) electrons. The monoisotopic (exact) mass is 598 g/mol. The summed E-state index contributed by atoms with van der Waals surface area (Å²) in [6, 6.07) is 5.19. The quantitative estimate of drug-likeness (QED) is 0.412. The molecule has 43 heavy (non-hydrogen) atoms. The number of carbonyl (C=O) groups excluding carboxylic acids is 3. The van der Waals surface area contributed by atoms with Gasteiger partial charge in [0.1, 0.15) is 17.6 Å². The Morgan fingerprint density at radius 1 is 1.14 bits per heavy atom. The van der Waals surface area contributed by atoms with E-state index in [9.17, 15) is 18.8 Å². The highest BCUT2D eigenvalue weighted by Gasteiger charge is 2.41. The number of likely N-dealkylation sites (tertiary alicyclic amines) is 1. The molecule has 0 bridgehead atoms. The summed E-state index contributed by atoms with van der Waals surface area (Å²) in [6.45, 7) is 10.3. The number of nitrogens with one attached hydrogen (secondary N) is 2. The Balaban J connectivity index is 1.53. The average molecular weight is 599 g/mol. The zero-order chi connectivity index (χ0) is 31.1. The maximum atomic E-state index is 14.0. The van der Waals surface area contributed by atoms with Crippen LogP contribution in [0.4, 0.5) is 4.39 Å². The number of aromatic nitrogens is 2. The van der Waals surface area contributed by atoms with Crippen molar-refractivity contribution in [3.8, 4) is 0 Å². The van der Waals surface area contributed by atoms with Gasteiger partial charge in [-0.1, -0.05) is 32.9 Å². The number of imidazole rings is 1. The van der Waals surface area contributed by atoms with E-state index >= 15 is 0 Å². The molecular weight excluding hydrogens is 551 g/mol. The van der Waals surface area contributed by atoms with E-state index in [0.717, 1.165) is 31.2 Å². The number of rotatable bonds is 11. The summed E-state index contributed by atoms with van der Waals surface area (Å²) in [7, 11) is 1.71. The Kier molecular flexibility index (Phi) is 10.9. The molecule has 1 aromatic heterocycles. The van der Waals surface area contributed by atoms with Gasteiger partial charge in [-0.25, -0.2) is 9.37 Å². The van der Waals surface area contributed by atoms with Gasteiger partial charge in [-0.05, 0) is 69.2 Å². The highest BCUT2D eigenvalue weighted by molar-refractivity contribution is 5.92. The molecule has 4 rings (SSSR count). The van der Waals surface area contributed by atoms with Crippen molar-refractivity contribution in [2.75, 3.05) is 39.9 Å². The predicted molar refractivity (Wildman–Crippen MR) is 162 cm³/mol. The standard InChI is InChI=1S/C32H47FN6O4/c1-22(34-5)29(40)36-28(32(2,3)4)31(42)39-15-6-7-26(39)19-37(16-12-23-8-10-24(33)11-9-23)30(41)27-20-38(21-35-27)25-13-17-43-18-14-25/h8-11,20-22,25-26,28,34H,6-7,12-19H2,1-5H3,(H,36,40)/t22-,26-,28+/m0/s1. The van der Waals surface area contributed by atoms with E-state index in [4.69, 9.17) is 4.74 Å². The fourth-order valence-corrected chi connectivity index (χ4v) is 5.77. The molecule has 2 saturated heterocycles. The van der Waals surface area contributed by atoms with Crippen LogP contribution in [0.15, 0.2) is 36.8 Å². The SMILES string of the molecule is CN[C@@H](C)C(=O)N[C@H](C(=O)N1CCC[C@H]1CN(CCc1ccc(F)cc1)C(=O)c1cn(C2CCOCC2)cn1)C(C)(C)C. The van der Waals surface area contributed by atoms with Crippen molar-refractivity contribution < 1.29 is 23.5 Å². The molecule has 11 heteroatoms. The Hall–Kier alpha value is -3.31. The number of ether oxygens (including phenoxy) is 1. The van der Waals surface area contributed by atoms with Crippen LogP contribution in [0.2, 0.25) is 0 Å². The van der Waals surface area contributed by atoms with Crippen LogP contribution < -0.4 is 10.6 Å². The Bertz CT molecular complexity index is 1240. The van der Waals surface area contributed by atoms with Crippen LogP contribution >= 0.6 is 0 Å². The normalized spacial score (nSPS) is 19.2. The van der Waals surface area contributed by atoms with Crippen molar-refractivity contribution in [2.24, 2.45) is 5.41 Å². The molecule has 3 amide bonds. The van der Waals surface area contributed by atoms with Crippen LogP contribution in [0, 0.1) is 11.2 Å². The largest absolute Gasteiger partial charge is 0.381 e. The molecule has 10 nitrogen and oxygen atoms in total. The fourth-order valence-electron chi connectivity index (χ4n) is 5.77. The molecule has 2 aromatic rings. The first kappa shape index (κ1) is 32.6. The first-order valence-corrected chi connectivity index (χ1v) is 15.4. The summed E-state index contributed by atoms with van der Waals surface area (Å²) in [5.74, 6) is -0.875. The number of nitrogens with zero attached hydrogens (tertiary/aromatic N) is 4. The maximum absolute atomic E-state index is 14.0. The molecule has 3 heterocycles. The van der Waals surface area contributed by atoms with E-state index in [-0.39, 0.29) is 35.6 Å². The van der Waals surface area contributed by atoms with Gasteiger partial charge in [0, 0.05) is 51.1 Å². The summed E-state index contributed by atoms with van der Waals surface area (Å²) in [5, 5.41) is 5.90. The highest BCUT2D eigenvalue weighted by Crippen LogP contribution is 2.27. The average Bonchev–Trinajstić information content (AvgIpc) is 3.68. The smallest absolute Gasteiger partial charge is 0.274 e. The van der Waals surface area contributed by atoms with Crippen molar-refractivity contribution in [1.29, 1.82) is 0 Å². The van der Waals surface area contributed by atoms with Gasteiger partial charge in [-0.3, -0.25) is 14.4 Å². The molecule has 1 aromatic carbocycles. The summed E-state index contributed by atoms with van der Waals surface area (Å²) in [4.78, 5) is 48.8. The lowest BCUT2D eigenvalue weighted by Crippen LogP contribution is -2.59. The number of benzene rings is 1. The zero-order valence-electron chi connectivity index (χ0n) is 26.1. The minimum atomic E-state index is -0.713. The van der Waals surface area contributed by atoms with Gasteiger partial charge >= 0.3 is 0 Å². The third kappa shape index (κ3) is 8.41. The van der Waals surface area contributed by atoms with E-state index in [1.807, 2.05) is 36.4 Å². The highest BCUT2D eigenvalue weighted by atomic mass is 19.1. The van der Waals surface area contributed by atoms with E-state index in [0.29, 0.717) is 45.0 Å². The van der Waals surface area contributed by atoms with Gasteiger partial charge in [0.2, 0.25) is 11.8 Å². The van der Waals surface area contributed by atoms with Crippen LogP contribution in [0.1, 0.15) is 75.5 Å². The minimum absolute atomic E-state index is 0.138. The van der Waals surface area contributed by atoms with Crippen LogP contribution in [-0.4, -0.2) is 95.1 Å². The lowest BCUT2D eigenvalue weighted by atomic mass is 9.85. The molecule has 2 fully saturated rings. The van der Waals surface area contributed by atoms with Gasteiger partial charge in [0.25, 0.3) is 5.91 Å². The molecule has 0 spiro atoms. The van der Waals surface area contributed by atoms with Crippen molar-refractivity contribution in [1.82, 2.24) is 30.0 Å². The van der Waals surface area contributed by atoms with Crippen LogP contribution in [-0.2, 0) is 20.7 Å². The molecule has 3 atom stereocenters. The summed E-state index contributed by atoms with van der Waals surface area (Å²) in [6.07, 6.45) is 7.37. The Morgan fingerprint density at radius 3 is 2.49 bits per heavy atom. The second-order valence-corrected chi connectivity index (χ2v) is 12.8. The van der Waals surface area contributed by atoms with Crippen molar-refractivity contribution in [3.05, 3.63) is 53.9 Å². The molecule has 2 aliphatic rings. The van der Waals surface area contributed by atoms with E-state index < -0.39 is 17.5 Å². The molecule has 2 aliphatic heterocycles. The Morgan fingerprint density at radius 2 is 1.84 bits per heavy atom. The number of carbonyl (C=O) groups is 3. The third-order valence-corrected chi connectivity index (χ3v) is 8.62. The van der Waals surface area contributed by atoms with Crippen LogP contribution in [0.3, 0.4) is 0 Å². The topological polar surface area (TPSA) is 109 Å². The first-order valence-electron chi connectivity index (χ1n) is 15.4. The van der Waals surface area contributed by atoms with Crippen molar-refractivity contribution in [3.63, 3.8) is 0 Å². The van der Waals surface area contributed by atoms with Gasteiger partial charge in [0.15, 0.2) is 0 Å². The summed E-state index contributed by atoms with van der Waals surface area (Å²) < 4.78 is 21.0. The number of likely N-dealkylation sites (N-methyl/N-ethyl adjacent to an activating group) is 1. The lowest BCUT2D eigenvalue weighted by Gasteiger charge is -2.37. The van der Waals surface area contributed by atoms with Crippen LogP contribution in [0.5, 0.6) is 0 Å². The molecule has 0 saturated carbocycles. The van der Waals surface area contributed by atoms with E-state index in [1.165, 1.54) is 12.1 Å². The van der Waals surface area contributed by atoms with E-state index in [1.54, 1.807) is 37.3 Å². The maximum Gasteiger partial charge on any atom is 0.274 e. The number of amides is 3. The van der Waals surface area contributed by atoms with E-state index in [2.05, 4.69) is 15.6 Å². The predicted octanol–water partition coefficient (Wildman–Crippen LogP) is 3.19. The van der Waals surface area contributed by atoms with Gasteiger partial charge < -0.3 is 29.7 Å². The summed E-state index contributed by atoms with van der Waals surface area (Å²) >= 11 is 0. The van der Waals surface area contributed by atoms with Crippen molar-refractivity contribution >= 4 is 17.7 Å². The second kappa shape index (κ2) is 14.4. The summed E-state index contributed by atoms with van der Waals surface area (Å²) in [5.41, 5.74) is 0.769. The fraction of sp³-hybridized carbons (Fsp3) is 0.625. The molecule has 0 aliphatic carbocycles. The third-order valence-electron chi connectivity index (χ3n) is 8.62. The number of halogens is 1. The second-order valence-electron chi connectivity index (χ2n) is 12.8. The molecular formula is C32H47FN6O4. The number of hydrogen-bond acceptors (Lipinski definition) is 6. The number of hydrogen-bond donors (Lipinski definition) is 2. The van der Waals surface area contributed by atoms with Gasteiger partial charge in [-0.2, -0.15) is 0 Å².